The Morgan fingerprint density at radius 2 is 1.71 bits per heavy atom. The van der Waals surface area contributed by atoms with Crippen molar-refractivity contribution in [3.63, 3.8) is 0 Å². The molecule has 2 atom stereocenters. The standard InChI is InChI=1S/C16H22N2O3/c1-11-8-12(2)10-18(9-11)16(20)15(19)17-13-4-6-14(21-3)7-5-13/h4-7,11-12H,8-10H2,1-3H3,(H,17,19). The Hall–Kier alpha value is -2.04. The van der Waals surface area contributed by atoms with Crippen LogP contribution in [0.15, 0.2) is 24.3 Å². The molecule has 1 aliphatic rings. The van der Waals surface area contributed by atoms with Gasteiger partial charge in [-0.15, -0.1) is 0 Å². The molecule has 1 N–H and O–H groups in total. The number of carbonyl (C=O) groups is 2. The first kappa shape index (κ1) is 15.4. The molecule has 5 heteroatoms. The van der Waals surface area contributed by atoms with Crippen molar-refractivity contribution >= 4 is 17.5 Å². The summed E-state index contributed by atoms with van der Waals surface area (Å²) in [5.41, 5.74) is 0.590. The van der Waals surface area contributed by atoms with E-state index in [0.717, 1.165) is 6.42 Å². The zero-order chi connectivity index (χ0) is 15.4. The van der Waals surface area contributed by atoms with Crippen LogP contribution in [0.1, 0.15) is 20.3 Å². The largest absolute Gasteiger partial charge is 0.497 e. The first-order valence-corrected chi connectivity index (χ1v) is 7.24. The Labute approximate surface area is 125 Å². The van der Waals surface area contributed by atoms with Crippen molar-refractivity contribution in [1.82, 2.24) is 4.90 Å². The summed E-state index contributed by atoms with van der Waals surface area (Å²) >= 11 is 0. The van der Waals surface area contributed by atoms with Crippen LogP contribution in [0.5, 0.6) is 5.75 Å². The Morgan fingerprint density at radius 1 is 1.14 bits per heavy atom. The fraction of sp³-hybridized carbons (Fsp3) is 0.500. The van der Waals surface area contributed by atoms with E-state index in [1.54, 1.807) is 36.3 Å². The lowest BCUT2D eigenvalue weighted by atomic mass is 9.92. The average Bonchev–Trinajstić information content (AvgIpc) is 2.46. The molecule has 2 rings (SSSR count). The van der Waals surface area contributed by atoms with E-state index in [4.69, 9.17) is 4.74 Å². The number of nitrogens with zero attached hydrogens (tertiary/aromatic N) is 1. The SMILES string of the molecule is COc1ccc(NC(=O)C(=O)N2CC(C)CC(C)C2)cc1. The predicted molar refractivity (Wildman–Crippen MR) is 81.1 cm³/mol. The fourth-order valence-corrected chi connectivity index (χ4v) is 2.83. The molecule has 0 saturated carbocycles. The molecule has 2 unspecified atom stereocenters. The minimum absolute atomic E-state index is 0.437. The maximum Gasteiger partial charge on any atom is 0.313 e. The molecule has 5 nitrogen and oxygen atoms in total. The number of likely N-dealkylation sites (tertiary alicyclic amines) is 1. The van der Waals surface area contributed by atoms with Gasteiger partial charge in [0.1, 0.15) is 5.75 Å². The molecule has 2 amide bonds. The number of rotatable bonds is 2. The van der Waals surface area contributed by atoms with Crippen molar-refractivity contribution in [3.8, 4) is 5.75 Å². The van der Waals surface area contributed by atoms with Crippen LogP contribution < -0.4 is 10.1 Å². The Kier molecular flexibility index (Phi) is 4.83. The van der Waals surface area contributed by atoms with Crippen molar-refractivity contribution in [2.45, 2.75) is 20.3 Å². The van der Waals surface area contributed by atoms with E-state index in [1.165, 1.54) is 0 Å². The Bertz CT molecular complexity index is 503. The van der Waals surface area contributed by atoms with E-state index >= 15 is 0 Å². The smallest absolute Gasteiger partial charge is 0.313 e. The maximum atomic E-state index is 12.2. The second kappa shape index (κ2) is 6.61. The van der Waals surface area contributed by atoms with Gasteiger partial charge in [-0.1, -0.05) is 13.8 Å². The maximum absolute atomic E-state index is 12.2. The Morgan fingerprint density at radius 3 is 2.24 bits per heavy atom. The molecule has 1 fully saturated rings. The summed E-state index contributed by atoms with van der Waals surface area (Å²) in [7, 11) is 1.58. The third kappa shape index (κ3) is 3.97. The lowest BCUT2D eigenvalue weighted by Crippen LogP contribution is -2.47. The zero-order valence-corrected chi connectivity index (χ0v) is 12.8. The van der Waals surface area contributed by atoms with E-state index < -0.39 is 11.8 Å². The number of methoxy groups -OCH3 is 1. The van der Waals surface area contributed by atoms with Gasteiger partial charge in [0.2, 0.25) is 0 Å². The molecule has 0 aliphatic carbocycles. The number of ether oxygens (including phenoxy) is 1. The van der Waals surface area contributed by atoms with Crippen LogP contribution in [0.4, 0.5) is 5.69 Å². The lowest BCUT2D eigenvalue weighted by Gasteiger charge is -2.34. The number of carbonyl (C=O) groups excluding carboxylic acids is 2. The minimum atomic E-state index is -0.582. The molecule has 1 saturated heterocycles. The van der Waals surface area contributed by atoms with Crippen LogP contribution in [0, 0.1) is 11.8 Å². The summed E-state index contributed by atoms with van der Waals surface area (Å²) < 4.78 is 5.05. The molecule has 1 aromatic carbocycles. The second-order valence-corrected chi connectivity index (χ2v) is 5.84. The summed E-state index contributed by atoms with van der Waals surface area (Å²) in [5, 5.41) is 2.63. The third-order valence-electron chi connectivity index (χ3n) is 3.70. The van der Waals surface area contributed by atoms with Gasteiger partial charge < -0.3 is 15.0 Å². The predicted octanol–water partition coefficient (Wildman–Crippen LogP) is 2.14. The van der Waals surface area contributed by atoms with Crippen molar-refractivity contribution in [1.29, 1.82) is 0 Å². The molecular formula is C16H22N2O3. The van der Waals surface area contributed by atoms with Crippen LogP contribution in [-0.2, 0) is 9.59 Å². The molecular weight excluding hydrogens is 268 g/mol. The van der Waals surface area contributed by atoms with Gasteiger partial charge in [-0.25, -0.2) is 0 Å². The quantitative estimate of drug-likeness (QED) is 0.849. The first-order chi connectivity index (χ1) is 9.99. The van der Waals surface area contributed by atoms with Gasteiger partial charge in [-0.05, 0) is 42.5 Å². The molecule has 1 heterocycles. The van der Waals surface area contributed by atoms with Gasteiger partial charge in [0, 0.05) is 18.8 Å². The number of anilines is 1. The molecule has 21 heavy (non-hydrogen) atoms. The number of nitrogens with one attached hydrogen (secondary N) is 1. The zero-order valence-electron chi connectivity index (χ0n) is 12.8. The van der Waals surface area contributed by atoms with Gasteiger partial charge in [-0.2, -0.15) is 0 Å². The highest BCUT2D eigenvalue weighted by Gasteiger charge is 2.29. The molecule has 1 aromatic rings. The Balaban J connectivity index is 1.97. The highest BCUT2D eigenvalue weighted by atomic mass is 16.5. The molecule has 0 bridgehead atoms. The summed E-state index contributed by atoms with van der Waals surface area (Å²) in [6, 6.07) is 6.91. The van der Waals surface area contributed by atoms with Crippen molar-refractivity contribution < 1.29 is 14.3 Å². The second-order valence-electron chi connectivity index (χ2n) is 5.84. The summed E-state index contributed by atoms with van der Waals surface area (Å²) in [6.45, 7) is 5.52. The van der Waals surface area contributed by atoms with Gasteiger partial charge in [-0.3, -0.25) is 9.59 Å². The van der Waals surface area contributed by atoms with E-state index in [9.17, 15) is 9.59 Å². The summed E-state index contributed by atoms with van der Waals surface area (Å²) in [4.78, 5) is 25.9. The number of benzene rings is 1. The molecule has 0 aromatic heterocycles. The summed E-state index contributed by atoms with van der Waals surface area (Å²) in [6.07, 6.45) is 1.10. The van der Waals surface area contributed by atoms with Gasteiger partial charge in [0.15, 0.2) is 0 Å². The topological polar surface area (TPSA) is 58.6 Å². The fourth-order valence-electron chi connectivity index (χ4n) is 2.83. The first-order valence-electron chi connectivity index (χ1n) is 7.24. The normalized spacial score (nSPS) is 21.8. The monoisotopic (exact) mass is 290 g/mol. The van der Waals surface area contributed by atoms with Gasteiger partial charge in [0.05, 0.1) is 7.11 Å². The average molecular weight is 290 g/mol. The minimum Gasteiger partial charge on any atom is -0.497 e. The third-order valence-corrected chi connectivity index (χ3v) is 3.70. The number of hydrogen-bond acceptors (Lipinski definition) is 3. The number of hydrogen-bond donors (Lipinski definition) is 1. The highest BCUT2D eigenvalue weighted by molar-refractivity contribution is 6.39. The van der Waals surface area contributed by atoms with E-state index in [1.807, 2.05) is 0 Å². The van der Waals surface area contributed by atoms with Crippen LogP contribution in [0.3, 0.4) is 0 Å². The van der Waals surface area contributed by atoms with E-state index in [0.29, 0.717) is 36.4 Å². The van der Waals surface area contributed by atoms with Crippen LogP contribution in [-0.4, -0.2) is 36.9 Å². The molecule has 1 aliphatic heterocycles. The van der Waals surface area contributed by atoms with Gasteiger partial charge >= 0.3 is 11.8 Å². The van der Waals surface area contributed by atoms with Crippen molar-refractivity contribution in [2.75, 3.05) is 25.5 Å². The van der Waals surface area contributed by atoms with Crippen LogP contribution in [0.25, 0.3) is 0 Å². The molecule has 114 valence electrons. The lowest BCUT2D eigenvalue weighted by molar-refractivity contribution is -0.144. The van der Waals surface area contributed by atoms with E-state index in [2.05, 4.69) is 19.2 Å². The van der Waals surface area contributed by atoms with E-state index in [-0.39, 0.29) is 0 Å². The van der Waals surface area contributed by atoms with Crippen LogP contribution in [0.2, 0.25) is 0 Å². The molecule has 0 spiro atoms. The van der Waals surface area contributed by atoms with Crippen molar-refractivity contribution in [3.05, 3.63) is 24.3 Å². The molecule has 0 radical (unpaired) electrons. The highest BCUT2D eigenvalue weighted by Crippen LogP contribution is 2.21. The number of piperidine rings is 1. The van der Waals surface area contributed by atoms with Gasteiger partial charge in [0.25, 0.3) is 0 Å². The number of amides is 2. The van der Waals surface area contributed by atoms with Crippen LogP contribution >= 0.6 is 0 Å². The van der Waals surface area contributed by atoms with Crippen molar-refractivity contribution in [2.24, 2.45) is 11.8 Å². The summed E-state index contributed by atoms with van der Waals surface area (Å²) in [5.74, 6) is 0.543.